The first-order valence-electron chi connectivity index (χ1n) is 5.43. The molecule has 1 rings (SSSR count). The van der Waals surface area contributed by atoms with Crippen LogP contribution in [0.4, 0.5) is 5.95 Å². The molecular formula is C10H17ClN4O2. The van der Waals surface area contributed by atoms with Gasteiger partial charge >= 0.3 is 6.01 Å². The van der Waals surface area contributed by atoms with Crippen molar-refractivity contribution >= 4 is 17.5 Å². The van der Waals surface area contributed by atoms with Crippen molar-refractivity contribution in [3.8, 4) is 6.01 Å². The van der Waals surface area contributed by atoms with Gasteiger partial charge in [-0.25, -0.2) is 0 Å². The van der Waals surface area contributed by atoms with Gasteiger partial charge in [-0.1, -0.05) is 6.92 Å². The lowest BCUT2D eigenvalue weighted by atomic mass is 10.5. The molecule has 0 aliphatic carbocycles. The molecule has 0 aliphatic heterocycles. The van der Waals surface area contributed by atoms with Gasteiger partial charge in [0.15, 0.2) is 0 Å². The van der Waals surface area contributed by atoms with Crippen molar-refractivity contribution in [2.75, 3.05) is 38.8 Å². The predicted octanol–water partition coefficient (Wildman–Crippen LogP) is 1.40. The molecule has 0 bridgehead atoms. The Morgan fingerprint density at radius 3 is 2.53 bits per heavy atom. The fourth-order valence-electron chi connectivity index (χ4n) is 1.02. The Morgan fingerprint density at radius 1 is 1.12 bits per heavy atom. The Balaban J connectivity index is 2.47. The Labute approximate surface area is 106 Å². The van der Waals surface area contributed by atoms with E-state index in [1.54, 1.807) is 4.90 Å². The highest BCUT2D eigenvalue weighted by molar-refractivity contribution is 6.28. The Morgan fingerprint density at radius 2 is 1.88 bits per heavy atom. The third-order valence-electron chi connectivity index (χ3n) is 1.78. The molecule has 6 nitrogen and oxygen atoms in total. The highest BCUT2D eigenvalue weighted by atomic mass is 35.5. The molecular weight excluding hydrogens is 244 g/mol. The van der Waals surface area contributed by atoms with E-state index in [0.717, 1.165) is 13.0 Å². The molecule has 0 aromatic carbocycles. The summed E-state index contributed by atoms with van der Waals surface area (Å²) in [6, 6.07) is 0.216. The van der Waals surface area contributed by atoms with Crippen LogP contribution in [0.2, 0.25) is 5.28 Å². The monoisotopic (exact) mass is 260 g/mol. The molecule has 0 radical (unpaired) electrons. The van der Waals surface area contributed by atoms with E-state index in [-0.39, 0.29) is 11.3 Å². The van der Waals surface area contributed by atoms with Crippen molar-refractivity contribution in [2.45, 2.75) is 13.3 Å². The molecule has 0 N–H and O–H groups in total. The van der Waals surface area contributed by atoms with E-state index in [2.05, 4.69) is 21.9 Å². The zero-order valence-corrected chi connectivity index (χ0v) is 11.1. The van der Waals surface area contributed by atoms with Crippen LogP contribution < -0.4 is 9.64 Å². The molecule has 96 valence electrons. The highest BCUT2D eigenvalue weighted by Gasteiger charge is 2.07. The second kappa shape index (κ2) is 7.24. The minimum absolute atomic E-state index is 0.119. The second-order valence-electron chi connectivity index (χ2n) is 3.54. The van der Waals surface area contributed by atoms with Gasteiger partial charge in [0.25, 0.3) is 0 Å². The molecule has 1 aromatic rings. The summed E-state index contributed by atoms with van der Waals surface area (Å²) in [5.74, 6) is 0.467. The largest absolute Gasteiger partial charge is 0.461 e. The summed E-state index contributed by atoms with van der Waals surface area (Å²) in [6.07, 6.45) is 0.988. The number of ether oxygens (including phenoxy) is 2. The number of halogens is 1. The summed E-state index contributed by atoms with van der Waals surface area (Å²) in [6.45, 7) is 3.68. The van der Waals surface area contributed by atoms with Crippen molar-refractivity contribution in [1.82, 2.24) is 15.0 Å². The van der Waals surface area contributed by atoms with Crippen molar-refractivity contribution in [1.29, 1.82) is 0 Å². The third-order valence-corrected chi connectivity index (χ3v) is 1.95. The van der Waals surface area contributed by atoms with Crippen molar-refractivity contribution < 1.29 is 9.47 Å². The number of nitrogens with zero attached hydrogens (tertiary/aromatic N) is 4. The standard InChI is InChI=1S/C10H17ClN4O2/c1-4-5-16-6-7-17-10-13-8(11)12-9(14-10)15(2)3/h4-7H2,1-3H3. The van der Waals surface area contributed by atoms with Gasteiger partial charge in [0.1, 0.15) is 6.61 Å². The second-order valence-corrected chi connectivity index (χ2v) is 3.88. The predicted molar refractivity (Wildman–Crippen MR) is 65.8 cm³/mol. The first-order chi connectivity index (χ1) is 8.13. The minimum Gasteiger partial charge on any atom is -0.461 e. The van der Waals surface area contributed by atoms with E-state index in [1.807, 2.05) is 14.1 Å². The van der Waals surface area contributed by atoms with Crippen LogP contribution >= 0.6 is 11.6 Å². The van der Waals surface area contributed by atoms with Crippen LogP contribution in [0, 0.1) is 0 Å². The molecule has 0 fully saturated rings. The molecule has 7 heteroatoms. The topological polar surface area (TPSA) is 60.4 Å². The average Bonchev–Trinajstić information content (AvgIpc) is 2.28. The van der Waals surface area contributed by atoms with Crippen molar-refractivity contribution in [3.63, 3.8) is 0 Å². The van der Waals surface area contributed by atoms with Gasteiger partial charge in [0.2, 0.25) is 11.2 Å². The Hall–Kier alpha value is -1.14. The molecule has 0 atom stereocenters. The van der Waals surface area contributed by atoms with Gasteiger partial charge in [0.05, 0.1) is 6.61 Å². The first-order valence-corrected chi connectivity index (χ1v) is 5.80. The molecule has 0 saturated carbocycles. The maximum absolute atomic E-state index is 5.76. The van der Waals surface area contributed by atoms with E-state index >= 15 is 0 Å². The van der Waals surface area contributed by atoms with Crippen LogP contribution in [0.5, 0.6) is 6.01 Å². The van der Waals surface area contributed by atoms with Crippen molar-refractivity contribution in [3.05, 3.63) is 5.28 Å². The van der Waals surface area contributed by atoms with Crippen LogP contribution in [-0.4, -0.2) is 48.9 Å². The van der Waals surface area contributed by atoms with E-state index in [1.165, 1.54) is 0 Å². The number of anilines is 1. The summed E-state index contributed by atoms with van der Waals surface area (Å²) in [4.78, 5) is 13.6. The highest BCUT2D eigenvalue weighted by Crippen LogP contribution is 2.12. The summed E-state index contributed by atoms with van der Waals surface area (Å²) < 4.78 is 10.6. The molecule has 17 heavy (non-hydrogen) atoms. The maximum Gasteiger partial charge on any atom is 0.322 e. The summed E-state index contributed by atoms with van der Waals surface area (Å²) in [5, 5.41) is 0.119. The van der Waals surface area contributed by atoms with Gasteiger partial charge in [0, 0.05) is 20.7 Å². The van der Waals surface area contributed by atoms with Gasteiger partial charge in [-0.2, -0.15) is 15.0 Å². The van der Waals surface area contributed by atoms with Gasteiger partial charge < -0.3 is 14.4 Å². The zero-order chi connectivity index (χ0) is 12.7. The molecule has 0 unspecified atom stereocenters. The normalized spacial score (nSPS) is 10.4. The maximum atomic E-state index is 5.76. The van der Waals surface area contributed by atoms with Crippen molar-refractivity contribution in [2.24, 2.45) is 0 Å². The van der Waals surface area contributed by atoms with E-state index in [4.69, 9.17) is 21.1 Å². The van der Waals surface area contributed by atoms with Crippen LogP contribution in [0.15, 0.2) is 0 Å². The lowest BCUT2D eigenvalue weighted by Crippen LogP contribution is -2.15. The van der Waals surface area contributed by atoms with Crippen LogP contribution in [0.1, 0.15) is 13.3 Å². The van der Waals surface area contributed by atoms with Crippen LogP contribution in [0.25, 0.3) is 0 Å². The fraction of sp³-hybridized carbons (Fsp3) is 0.700. The quantitative estimate of drug-likeness (QED) is 0.691. The number of aromatic nitrogens is 3. The fourth-order valence-corrected chi connectivity index (χ4v) is 1.17. The number of hydrogen-bond donors (Lipinski definition) is 0. The Kier molecular flexibility index (Phi) is 5.93. The van der Waals surface area contributed by atoms with E-state index < -0.39 is 0 Å². The Bertz CT molecular complexity index is 349. The van der Waals surface area contributed by atoms with Gasteiger partial charge in [-0.15, -0.1) is 0 Å². The average molecular weight is 261 g/mol. The number of hydrogen-bond acceptors (Lipinski definition) is 6. The smallest absolute Gasteiger partial charge is 0.322 e. The van der Waals surface area contributed by atoms with E-state index in [0.29, 0.717) is 19.2 Å². The summed E-state index contributed by atoms with van der Waals surface area (Å²) in [7, 11) is 3.64. The lowest BCUT2D eigenvalue weighted by molar-refractivity contribution is 0.0971. The molecule has 0 spiro atoms. The molecule has 1 heterocycles. The molecule has 0 saturated heterocycles. The van der Waals surface area contributed by atoms with Crippen LogP contribution in [-0.2, 0) is 4.74 Å². The van der Waals surface area contributed by atoms with Gasteiger partial charge in [-0.05, 0) is 18.0 Å². The van der Waals surface area contributed by atoms with E-state index in [9.17, 15) is 0 Å². The third kappa shape index (κ3) is 5.14. The molecule has 1 aromatic heterocycles. The summed E-state index contributed by atoms with van der Waals surface area (Å²) in [5.41, 5.74) is 0. The SMILES string of the molecule is CCCOCCOc1nc(Cl)nc(N(C)C)n1. The first kappa shape index (κ1) is 13.9. The van der Waals surface area contributed by atoms with Crippen LogP contribution in [0.3, 0.4) is 0 Å². The van der Waals surface area contributed by atoms with Gasteiger partial charge in [-0.3, -0.25) is 0 Å². The minimum atomic E-state index is 0.119. The molecule has 0 amide bonds. The lowest BCUT2D eigenvalue weighted by Gasteiger charge is -2.11. The number of rotatable bonds is 7. The molecule has 0 aliphatic rings. The zero-order valence-electron chi connectivity index (χ0n) is 10.3. The summed E-state index contributed by atoms with van der Waals surface area (Å²) >= 11 is 5.76.